The molecule has 0 bridgehead atoms. The van der Waals surface area contributed by atoms with E-state index < -0.39 is 23.0 Å². The fourth-order valence-electron chi connectivity index (χ4n) is 4.04. The van der Waals surface area contributed by atoms with Crippen LogP contribution in [0.1, 0.15) is 25.0 Å². The molecule has 9 heteroatoms. The van der Waals surface area contributed by atoms with Crippen molar-refractivity contribution >= 4 is 28.4 Å². The van der Waals surface area contributed by atoms with Crippen molar-refractivity contribution in [1.29, 1.82) is 0 Å². The molecule has 8 nitrogen and oxygen atoms in total. The maximum atomic E-state index is 13.9. The molecule has 0 saturated heterocycles. The van der Waals surface area contributed by atoms with Crippen LogP contribution < -0.4 is 21.9 Å². The van der Waals surface area contributed by atoms with E-state index in [1.54, 1.807) is 67.6 Å². The zero-order valence-corrected chi connectivity index (χ0v) is 21.5. The van der Waals surface area contributed by atoms with Crippen LogP contribution in [-0.4, -0.2) is 27.5 Å². The number of benzene rings is 3. The van der Waals surface area contributed by atoms with Crippen molar-refractivity contribution in [3.05, 3.63) is 105 Å². The molecule has 0 atom stereocenters. The van der Waals surface area contributed by atoms with Crippen molar-refractivity contribution in [3.8, 4) is 5.69 Å². The second kappa shape index (κ2) is 11.2. The summed E-state index contributed by atoms with van der Waals surface area (Å²) >= 11 is 0. The van der Waals surface area contributed by atoms with E-state index in [0.717, 1.165) is 10.1 Å². The molecular formula is C29H29FN4O4. The van der Waals surface area contributed by atoms with Crippen LogP contribution in [0, 0.1) is 18.7 Å². The molecule has 0 radical (unpaired) electrons. The summed E-state index contributed by atoms with van der Waals surface area (Å²) in [6.07, 6.45) is 0.170. The largest absolute Gasteiger partial charge is 0.356 e. The quantitative estimate of drug-likeness (QED) is 0.374. The number of amides is 2. The second-order valence-corrected chi connectivity index (χ2v) is 9.58. The molecule has 1 aromatic heterocycles. The number of aryl methyl sites for hydroxylation is 1. The van der Waals surface area contributed by atoms with Crippen molar-refractivity contribution in [2.75, 3.05) is 11.9 Å². The lowest BCUT2D eigenvalue weighted by Crippen LogP contribution is -2.40. The molecule has 0 aliphatic rings. The third kappa shape index (κ3) is 5.88. The minimum atomic E-state index is -0.693. The fourth-order valence-corrected chi connectivity index (χ4v) is 4.04. The molecule has 0 spiro atoms. The number of halogens is 1. The van der Waals surface area contributed by atoms with E-state index >= 15 is 0 Å². The van der Waals surface area contributed by atoms with Crippen LogP contribution in [0.2, 0.25) is 0 Å². The average Bonchev–Trinajstić information content (AvgIpc) is 2.88. The van der Waals surface area contributed by atoms with Crippen LogP contribution in [0.15, 0.2) is 76.3 Å². The summed E-state index contributed by atoms with van der Waals surface area (Å²) < 4.78 is 16.1. The summed E-state index contributed by atoms with van der Waals surface area (Å²) in [5.74, 6) is -0.784. The van der Waals surface area contributed by atoms with Crippen LogP contribution in [-0.2, 0) is 22.6 Å². The Morgan fingerprint density at radius 1 is 0.947 bits per heavy atom. The van der Waals surface area contributed by atoms with E-state index in [2.05, 4.69) is 10.6 Å². The van der Waals surface area contributed by atoms with Gasteiger partial charge in [-0.3, -0.25) is 19.0 Å². The van der Waals surface area contributed by atoms with E-state index in [0.29, 0.717) is 29.2 Å². The van der Waals surface area contributed by atoms with Gasteiger partial charge in [-0.2, -0.15) is 0 Å². The van der Waals surface area contributed by atoms with Crippen molar-refractivity contribution in [2.24, 2.45) is 5.92 Å². The predicted molar refractivity (Wildman–Crippen MR) is 145 cm³/mol. The maximum absolute atomic E-state index is 13.9. The Bertz CT molecular complexity index is 1620. The first-order valence-corrected chi connectivity index (χ1v) is 12.3. The Balaban J connectivity index is 1.66. The molecule has 3 aromatic carbocycles. The summed E-state index contributed by atoms with van der Waals surface area (Å²) in [6, 6.07) is 17.4. The lowest BCUT2D eigenvalue weighted by Gasteiger charge is -2.15. The summed E-state index contributed by atoms with van der Waals surface area (Å²) in [5.41, 5.74) is 0.839. The van der Waals surface area contributed by atoms with Gasteiger partial charge in [-0.25, -0.2) is 13.8 Å². The van der Waals surface area contributed by atoms with Gasteiger partial charge in [-0.05, 0) is 60.4 Å². The van der Waals surface area contributed by atoms with Crippen molar-refractivity contribution in [3.63, 3.8) is 0 Å². The topological polar surface area (TPSA) is 102 Å². The zero-order valence-electron chi connectivity index (χ0n) is 21.5. The Labute approximate surface area is 218 Å². The first-order chi connectivity index (χ1) is 18.1. The van der Waals surface area contributed by atoms with E-state index in [1.807, 2.05) is 13.8 Å². The highest BCUT2D eigenvalue weighted by atomic mass is 19.1. The van der Waals surface area contributed by atoms with E-state index in [1.165, 1.54) is 10.6 Å². The fraction of sp³-hybridized carbons (Fsp3) is 0.241. The first kappa shape index (κ1) is 26.5. The summed E-state index contributed by atoms with van der Waals surface area (Å²) in [7, 11) is 0. The smallest absolute Gasteiger partial charge is 0.336 e. The molecule has 2 amide bonds. The number of rotatable bonds is 8. The highest BCUT2D eigenvalue weighted by molar-refractivity contribution is 5.91. The predicted octanol–water partition coefficient (Wildman–Crippen LogP) is 3.55. The number of nitrogens with zero attached hydrogens (tertiary/aromatic N) is 2. The standard InChI is InChI=1S/C29H29FN4O4/c1-18(2)16-31-26(35)14-20-9-12-22(13-10-20)34-28(37)23-6-4-5-7-25(23)33(29(34)38)17-27(36)32-21-11-8-19(3)24(30)15-21/h4-13,15,18H,14,16-17H2,1-3H3,(H,31,35)(H,32,36). The normalized spacial score (nSPS) is 11.1. The van der Waals surface area contributed by atoms with Gasteiger partial charge < -0.3 is 10.6 Å². The Morgan fingerprint density at radius 3 is 2.34 bits per heavy atom. The van der Waals surface area contributed by atoms with Crippen molar-refractivity contribution in [1.82, 2.24) is 14.5 Å². The van der Waals surface area contributed by atoms with Crippen LogP contribution in [0.25, 0.3) is 16.6 Å². The van der Waals surface area contributed by atoms with E-state index in [4.69, 9.17) is 0 Å². The summed E-state index contributed by atoms with van der Waals surface area (Å²) in [4.78, 5) is 51.8. The number of para-hydroxylation sites is 1. The van der Waals surface area contributed by atoms with Gasteiger partial charge in [0.25, 0.3) is 5.56 Å². The molecule has 4 rings (SSSR count). The molecule has 0 fully saturated rings. The van der Waals surface area contributed by atoms with E-state index in [-0.39, 0.29) is 29.9 Å². The Hall–Kier alpha value is -4.53. The van der Waals surface area contributed by atoms with Crippen molar-refractivity contribution < 1.29 is 14.0 Å². The van der Waals surface area contributed by atoms with Gasteiger partial charge in [0.15, 0.2) is 0 Å². The third-order valence-corrected chi connectivity index (χ3v) is 6.07. The van der Waals surface area contributed by atoms with Gasteiger partial charge >= 0.3 is 5.69 Å². The second-order valence-electron chi connectivity index (χ2n) is 9.58. The Morgan fingerprint density at radius 2 is 1.66 bits per heavy atom. The minimum Gasteiger partial charge on any atom is -0.356 e. The molecule has 38 heavy (non-hydrogen) atoms. The number of carbonyl (C=O) groups excluding carboxylic acids is 2. The van der Waals surface area contributed by atoms with Crippen LogP contribution >= 0.6 is 0 Å². The molecular weight excluding hydrogens is 487 g/mol. The van der Waals surface area contributed by atoms with Crippen LogP contribution in [0.5, 0.6) is 0 Å². The number of hydrogen-bond acceptors (Lipinski definition) is 4. The molecule has 4 aromatic rings. The number of aromatic nitrogens is 2. The zero-order chi connectivity index (χ0) is 27.4. The van der Waals surface area contributed by atoms with Gasteiger partial charge in [-0.1, -0.05) is 44.2 Å². The van der Waals surface area contributed by atoms with Gasteiger partial charge in [0.2, 0.25) is 11.8 Å². The molecule has 0 saturated carbocycles. The van der Waals surface area contributed by atoms with E-state index in [9.17, 15) is 23.6 Å². The molecule has 0 aliphatic heterocycles. The third-order valence-electron chi connectivity index (χ3n) is 6.07. The Kier molecular flexibility index (Phi) is 7.85. The summed E-state index contributed by atoms with van der Waals surface area (Å²) in [6.45, 7) is 5.83. The van der Waals surface area contributed by atoms with Gasteiger partial charge in [0, 0.05) is 12.2 Å². The highest BCUT2D eigenvalue weighted by Crippen LogP contribution is 2.15. The van der Waals surface area contributed by atoms with Crippen molar-refractivity contribution in [2.45, 2.75) is 33.7 Å². The maximum Gasteiger partial charge on any atom is 0.336 e. The lowest BCUT2D eigenvalue weighted by atomic mass is 10.1. The SMILES string of the molecule is Cc1ccc(NC(=O)Cn2c(=O)n(-c3ccc(CC(=O)NCC(C)C)cc3)c(=O)c3ccccc32)cc1F. The minimum absolute atomic E-state index is 0.115. The number of fused-ring (bicyclic) bond motifs is 1. The molecule has 0 unspecified atom stereocenters. The molecule has 1 heterocycles. The number of anilines is 1. The van der Waals surface area contributed by atoms with Gasteiger partial charge in [0.1, 0.15) is 12.4 Å². The molecule has 2 N–H and O–H groups in total. The van der Waals surface area contributed by atoms with Gasteiger partial charge in [-0.15, -0.1) is 0 Å². The van der Waals surface area contributed by atoms with Crippen LogP contribution in [0.4, 0.5) is 10.1 Å². The molecule has 196 valence electrons. The molecule has 0 aliphatic carbocycles. The van der Waals surface area contributed by atoms with Gasteiger partial charge in [0.05, 0.1) is 23.0 Å². The monoisotopic (exact) mass is 516 g/mol. The van der Waals surface area contributed by atoms with Crippen LogP contribution in [0.3, 0.4) is 0 Å². The average molecular weight is 517 g/mol. The number of nitrogens with one attached hydrogen (secondary N) is 2. The number of carbonyl (C=O) groups is 2. The highest BCUT2D eigenvalue weighted by Gasteiger charge is 2.17. The lowest BCUT2D eigenvalue weighted by molar-refractivity contribution is -0.120. The number of hydrogen-bond donors (Lipinski definition) is 2. The summed E-state index contributed by atoms with van der Waals surface area (Å²) in [5, 5.41) is 5.72. The first-order valence-electron chi connectivity index (χ1n) is 12.3.